The highest BCUT2D eigenvalue weighted by molar-refractivity contribution is 7.90. The minimum absolute atomic E-state index is 0.0494. The van der Waals surface area contributed by atoms with Crippen molar-refractivity contribution in [1.29, 1.82) is 0 Å². The molecule has 2 aliphatic rings. The summed E-state index contributed by atoms with van der Waals surface area (Å²) < 4.78 is 51.1. The minimum atomic E-state index is -4.39. The monoisotopic (exact) mass is 585 g/mol. The molecular formula is C27H28FN5O7S. The third-order valence-corrected chi connectivity index (χ3v) is 8.21. The number of anilines is 1. The number of carbonyl (C=O) groups excluding carboxylic acids is 2. The van der Waals surface area contributed by atoms with E-state index in [1.165, 1.54) is 39.8 Å². The van der Waals surface area contributed by atoms with Gasteiger partial charge in [0.25, 0.3) is 21.5 Å². The highest BCUT2D eigenvalue weighted by atomic mass is 32.2. The average molecular weight is 586 g/mol. The summed E-state index contributed by atoms with van der Waals surface area (Å²) in [6.07, 6.45) is 2.83. The smallest absolute Gasteiger partial charge is 0.286 e. The van der Waals surface area contributed by atoms with Crippen LogP contribution in [0.25, 0.3) is 10.9 Å². The summed E-state index contributed by atoms with van der Waals surface area (Å²) in [6.45, 7) is -0.373. The fourth-order valence-electron chi connectivity index (χ4n) is 4.44. The first-order valence-electron chi connectivity index (χ1n) is 12.9. The van der Waals surface area contributed by atoms with Crippen LogP contribution in [0, 0.1) is 11.7 Å². The molecule has 0 spiro atoms. The quantitative estimate of drug-likeness (QED) is 0.343. The number of pyridine rings is 1. The highest BCUT2D eigenvalue weighted by Crippen LogP contribution is 2.36. The van der Waals surface area contributed by atoms with Crippen molar-refractivity contribution in [3.05, 3.63) is 58.1 Å². The van der Waals surface area contributed by atoms with Crippen LogP contribution in [0.5, 0.6) is 11.5 Å². The van der Waals surface area contributed by atoms with Gasteiger partial charge in [-0.05, 0) is 42.7 Å². The van der Waals surface area contributed by atoms with E-state index in [-0.39, 0.29) is 34.2 Å². The molecule has 2 heterocycles. The number of aromatic hydroxyl groups is 1. The van der Waals surface area contributed by atoms with E-state index in [4.69, 9.17) is 4.74 Å². The molecule has 2 aromatic carbocycles. The van der Waals surface area contributed by atoms with Crippen molar-refractivity contribution in [3.63, 3.8) is 0 Å². The number of nitrogens with one attached hydrogen (secondary N) is 2. The van der Waals surface area contributed by atoms with E-state index in [1.807, 2.05) is 0 Å². The van der Waals surface area contributed by atoms with Gasteiger partial charge in [0.05, 0.1) is 17.7 Å². The van der Waals surface area contributed by atoms with E-state index >= 15 is 0 Å². The van der Waals surface area contributed by atoms with Crippen molar-refractivity contribution < 1.29 is 32.2 Å². The van der Waals surface area contributed by atoms with Crippen molar-refractivity contribution in [2.24, 2.45) is 10.3 Å². The SMILES string of the molecule is CN(C)C(=O)CNC(=O)COc1ccc2c(c1)S(=O)(=O)N=C(c1c(O)c3cc(F)ccc3n(CCC3CC3)c1=O)N2. The molecule has 0 radical (unpaired) electrons. The van der Waals surface area contributed by atoms with Crippen LogP contribution in [0.3, 0.4) is 0 Å². The topological polar surface area (TPSA) is 159 Å². The number of halogens is 1. The number of fused-ring (bicyclic) bond motifs is 2. The standard InChI is InChI=1S/C27H28FN5O7S/c1-32(2)23(35)13-29-22(34)14-40-17-6-7-19-21(12-17)41(38,39)31-26(30-19)24-25(36)18-11-16(28)5-8-20(18)33(27(24)37)10-9-15-3-4-15/h5-8,11-12,15,36H,3-4,9-10,13-14H2,1-2H3,(H,29,34)(H,30,31). The zero-order valence-corrected chi connectivity index (χ0v) is 23.1. The first-order chi connectivity index (χ1) is 19.4. The van der Waals surface area contributed by atoms with Crippen molar-refractivity contribution in [3.8, 4) is 11.5 Å². The zero-order chi connectivity index (χ0) is 29.5. The van der Waals surface area contributed by atoms with E-state index in [0.29, 0.717) is 24.4 Å². The van der Waals surface area contributed by atoms with Gasteiger partial charge < -0.3 is 29.9 Å². The lowest BCUT2D eigenvalue weighted by Gasteiger charge is -2.21. The maximum atomic E-state index is 14.1. The second-order valence-corrected chi connectivity index (χ2v) is 11.7. The molecular weight excluding hydrogens is 557 g/mol. The molecule has 1 aromatic heterocycles. The molecule has 0 unspecified atom stereocenters. The average Bonchev–Trinajstić information content (AvgIpc) is 3.75. The van der Waals surface area contributed by atoms with Gasteiger partial charge in [-0.3, -0.25) is 14.4 Å². The third kappa shape index (κ3) is 5.87. The number of carbonyl (C=O) groups is 2. The summed E-state index contributed by atoms with van der Waals surface area (Å²) >= 11 is 0. The number of ether oxygens (including phenoxy) is 1. The number of nitrogens with zero attached hydrogens (tertiary/aromatic N) is 3. The molecule has 1 saturated carbocycles. The summed E-state index contributed by atoms with van der Waals surface area (Å²) in [7, 11) is -1.30. The number of likely N-dealkylation sites (N-methyl/N-ethyl adjacent to an activating group) is 1. The molecule has 3 aromatic rings. The van der Waals surface area contributed by atoms with Crippen molar-refractivity contribution in [2.75, 3.05) is 32.6 Å². The van der Waals surface area contributed by atoms with Crippen LogP contribution in [0.1, 0.15) is 24.8 Å². The minimum Gasteiger partial charge on any atom is -0.506 e. The molecule has 2 amide bonds. The second kappa shape index (κ2) is 10.8. The molecule has 14 heteroatoms. The Morgan fingerprint density at radius 3 is 2.68 bits per heavy atom. The van der Waals surface area contributed by atoms with Crippen LogP contribution in [0.2, 0.25) is 0 Å². The lowest BCUT2D eigenvalue weighted by atomic mass is 10.1. The first-order valence-corrected chi connectivity index (χ1v) is 14.3. The Morgan fingerprint density at radius 2 is 1.98 bits per heavy atom. The van der Waals surface area contributed by atoms with Crippen molar-refractivity contribution in [1.82, 2.24) is 14.8 Å². The normalized spacial score (nSPS) is 15.4. The van der Waals surface area contributed by atoms with Gasteiger partial charge >= 0.3 is 0 Å². The molecule has 0 bridgehead atoms. The molecule has 41 heavy (non-hydrogen) atoms. The number of benzene rings is 2. The Hall–Kier alpha value is -4.46. The van der Waals surface area contributed by atoms with Crippen LogP contribution in [-0.4, -0.2) is 67.9 Å². The predicted molar refractivity (Wildman–Crippen MR) is 148 cm³/mol. The summed E-state index contributed by atoms with van der Waals surface area (Å²) in [5.41, 5.74) is -0.663. The summed E-state index contributed by atoms with van der Waals surface area (Å²) in [4.78, 5) is 38.3. The summed E-state index contributed by atoms with van der Waals surface area (Å²) in [5.74, 6) is -1.98. The molecule has 1 fully saturated rings. The van der Waals surface area contributed by atoms with Gasteiger partial charge in [-0.1, -0.05) is 12.8 Å². The number of sulfonamides is 1. The second-order valence-electron chi connectivity index (χ2n) is 10.1. The highest BCUT2D eigenvalue weighted by Gasteiger charge is 2.31. The van der Waals surface area contributed by atoms with E-state index in [9.17, 15) is 32.3 Å². The van der Waals surface area contributed by atoms with E-state index in [1.54, 1.807) is 14.1 Å². The number of hydrogen-bond acceptors (Lipinski definition) is 8. The van der Waals surface area contributed by atoms with E-state index in [0.717, 1.165) is 18.9 Å². The number of aryl methyl sites for hydroxylation is 1. The molecule has 12 nitrogen and oxygen atoms in total. The van der Waals surface area contributed by atoms with Gasteiger partial charge in [0, 0.05) is 32.1 Å². The number of amidine groups is 1. The fraction of sp³-hybridized carbons (Fsp3) is 0.333. The molecule has 0 atom stereocenters. The van der Waals surface area contributed by atoms with Crippen LogP contribution >= 0.6 is 0 Å². The van der Waals surface area contributed by atoms with Gasteiger partial charge in [-0.25, -0.2) is 4.39 Å². The Balaban J connectivity index is 1.44. The molecule has 3 N–H and O–H groups in total. The maximum Gasteiger partial charge on any atom is 0.286 e. The molecule has 5 rings (SSSR count). The number of amides is 2. The van der Waals surface area contributed by atoms with E-state index in [2.05, 4.69) is 15.0 Å². The zero-order valence-electron chi connectivity index (χ0n) is 22.3. The fourth-order valence-corrected chi connectivity index (χ4v) is 5.57. The number of hydrogen-bond donors (Lipinski definition) is 3. The molecule has 1 aliphatic heterocycles. The van der Waals surface area contributed by atoms with Crippen molar-refractivity contribution in [2.45, 2.75) is 30.7 Å². The number of aromatic nitrogens is 1. The van der Waals surface area contributed by atoms with E-state index < -0.39 is 51.1 Å². The van der Waals surface area contributed by atoms with Crippen LogP contribution in [0.4, 0.5) is 10.1 Å². The molecule has 216 valence electrons. The lowest BCUT2D eigenvalue weighted by Crippen LogP contribution is -2.38. The van der Waals surface area contributed by atoms with Crippen LogP contribution in [0.15, 0.2) is 50.5 Å². The van der Waals surface area contributed by atoms with Gasteiger partial charge in [-0.2, -0.15) is 8.42 Å². The number of rotatable bonds is 9. The van der Waals surface area contributed by atoms with Crippen LogP contribution in [-0.2, 0) is 26.2 Å². The first kappa shape index (κ1) is 28.1. The van der Waals surface area contributed by atoms with Crippen molar-refractivity contribution >= 4 is 44.3 Å². The Bertz CT molecular complexity index is 1760. The molecule has 1 aliphatic carbocycles. The van der Waals surface area contributed by atoms with Gasteiger partial charge in [0.15, 0.2) is 12.4 Å². The van der Waals surface area contributed by atoms with Gasteiger partial charge in [-0.15, -0.1) is 4.40 Å². The van der Waals surface area contributed by atoms with Crippen LogP contribution < -0.4 is 20.9 Å². The Labute approximate surface area is 234 Å². The summed E-state index contributed by atoms with van der Waals surface area (Å²) in [6, 6.07) is 7.63. The largest absolute Gasteiger partial charge is 0.506 e. The lowest BCUT2D eigenvalue weighted by molar-refractivity contribution is -0.131. The van der Waals surface area contributed by atoms with Gasteiger partial charge in [0.1, 0.15) is 27.8 Å². The third-order valence-electron chi connectivity index (χ3n) is 6.90. The Kier molecular flexibility index (Phi) is 7.43. The maximum absolute atomic E-state index is 14.1. The molecule has 0 saturated heterocycles. The Morgan fingerprint density at radius 1 is 1.22 bits per heavy atom. The predicted octanol–water partition coefficient (Wildman–Crippen LogP) is 1.79. The summed E-state index contributed by atoms with van der Waals surface area (Å²) in [5, 5.41) is 16.3. The van der Waals surface area contributed by atoms with Gasteiger partial charge in [0.2, 0.25) is 5.91 Å².